The molecule has 2 fully saturated rings. The van der Waals surface area contributed by atoms with Crippen molar-refractivity contribution in [3.63, 3.8) is 0 Å². The minimum atomic E-state index is -0.927. The molecule has 0 aliphatic heterocycles. The first kappa shape index (κ1) is 20.1. The summed E-state index contributed by atoms with van der Waals surface area (Å²) in [6.45, 7) is 6.20. The zero-order valence-corrected chi connectivity index (χ0v) is 17.9. The van der Waals surface area contributed by atoms with E-state index in [4.69, 9.17) is 0 Å². The number of rotatable bonds is 3. The molecule has 0 unspecified atom stereocenters. The molecule has 1 aromatic rings. The van der Waals surface area contributed by atoms with Gasteiger partial charge in [0.2, 0.25) is 5.91 Å². The van der Waals surface area contributed by atoms with Crippen LogP contribution in [0.15, 0.2) is 16.5 Å². The molecule has 0 radical (unpaired) electrons. The maximum Gasteiger partial charge on any atom is 0.307 e. The number of carbonyl (C=O) groups excluding carboxylic acids is 2. The topological polar surface area (TPSA) is 95.5 Å². The Morgan fingerprint density at radius 1 is 1.07 bits per heavy atom. The van der Waals surface area contributed by atoms with Crippen molar-refractivity contribution in [1.82, 2.24) is 10.9 Å². The number of fused-ring (bicyclic) bond motifs is 3. The molecule has 2 bridgehead atoms. The standard InChI is InChI=1S/C22H28N2O4S/c1-10(2)17-13-6-7-14(17)19(22(27)28)18(13)21(26)24-23-20(25)15-9-29-16-8-11(3)4-5-12(15)16/h9,11,13-14,18-19H,4-8H2,1-3H3,(H,23,25)(H,24,26)(H,27,28)/t11-,13+,14-,18-,19-/m1/s1. The minimum absolute atomic E-state index is 0.0432. The summed E-state index contributed by atoms with van der Waals surface area (Å²) in [6.07, 6.45) is 4.59. The number of carboxylic acid groups (broad SMARTS) is 1. The van der Waals surface area contributed by atoms with Gasteiger partial charge in [0, 0.05) is 10.3 Å². The van der Waals surface area contributed by atoms with E-state index in [0.29, 0.717) is 11.5 Å². The maximum absolute atomic E-state index is 12.9. The van der Waals surface area contributed by atoms with Crippen LogP contribution in [0.25, 0.3) is 0 Å². The second-order valence-corrected chi connectivity index (χ2v) is 9.94. The predicted octanol–water partition coefficient (Wildman–Crippen LogP) is 3.33. The lowest BCUT2D eigenvalue weighted by molar-refractivity contribution is -0.149. The van der Waals surface area contributed by atoms with E-state index in [9.17, 15) is 19.5 Å². The number of nitrogens with one attached hydrogen (secondary N) is 2. The van der Waals surface area contributed by atoms with Crippen molar-refractivity contribution in [2.75, 3.05) is 0 Å². The maximum atomic E-state index is 12.9. The number of carboxylic acids is 1. The van der Waals surface area contributed by atoms with E-state index in [-0.39, 0.29) is 17.7 Å². The van der Waals surface area contributed by atoms with E-state index in [1.165, 1.54) is 4.88 Å². The van der Waals surface area contributed by atoms with Crippen LogP contribution in [0.2, 0.25) is 0 Å². The van der Waals surface area contributed by atoms with Gasteiger partial charge >= 0.3 is 5.97 Å². The molecule has 0 aromatic carbocycles. The molecule has 4 rings (SSSR count). The van der Waals surface area contributed by atoms with Crippen LogP contribution >= 0.6 is 11.3 Å². The van der Waals surface area contributed by atoms with Crippen molar-refractivity contribution < 1.29 is 19.5 Å². The first-order valence-corrected chi connectivity index (χ1v) is 11.3. The van der Waals surface area contributed by atoms with Gasteiger partial charge in [0.05, 0.1) is 17.4 Å². The lowest BCUT2D eigenvalue weighted by Crippen LogP contribution is -2.48. The zero-order valence-electron chi connectivity index (χ0n) is 17.1. The summed E-state index contributed by atoms with van der Waals surface area (Å²) in [4.78, 5) is 38.8. The third kappa shape index (κ3) is 3.39. The van der Waals surface area contributed by atoms with Gasteiger partial charge in [0.25, 0.3) is 5.91 Å². The van der Waals surface area contributed by atoms with E-state index in [1.54, 1.807) is 11.3 Å². The molecule has 0 spiro atoms. The van der Waals surface area contributed by atoms with E-state index < -0.39 is 23.7 Å². The van der Waals surface area contributed by atoms with E-state index in [1.807, 2.05) is 19.2 Å². The van der Waals surface area contributed by atoms with Gasteiger partial charge in [-0.25, -0.2) is 0 Å². The van der Waals surface area contributed by atoms with Gasteiger partial charge in [-0.1, -0.05) is 18.1 Å². The van der Waals surface area contributed by atoms with E-state index >= 15 is 0 Å². The van der Waals surface area contributed by atoms with Crippen molar-refractivity contribution in [2.24, 2.45) is 29.6 Å². The van der Waals surface area contributed by atoms with Gasteiger partial charge in [-0.05, 0) is 69.3 Å². The van der Waals surface area contributed by atoms with Crippen molar-refractivity contribution in [3.05, 3.63) is 32.5 Å². The van der Waals surface area contributed by atoms with E-state index in [0.717, 1.165) is 48.8 Å². The molecule has 3 N–H and O–H groups in total. The summed E-state index contributed by atoms with van der Waals surface area (Å²) >= 11 is 1.60. The monoisotopic (exact) mass is 416 g/mol. The van der Waals surface area contributed by atoms with Crippen LogP contribution < -0.4 is 10.9 Å². The van der Waals surface area contributed by atoms with Gasteiger partial charge in [0.1, 0.15) is 0 Å². The first-order valence-electron chi connectivity index (χ1n) is 10.4. The second-order valence-electron chi connectivity index (χ2n) is 8.98. The second kappa shape index (κ2) is 7.59. The summed E-state index contributed by atoms with van der Waals surface area (Å²) in [5.41, 5.74) is 9.05. The van der Waals surface area contributed by atoms with Crippen LogP contribution in [0.1, 0.15) is 60.8 Å². The number of hydrazine groups is 1. The lowest BCUT2D eigenvalue weighted by atomic mass is 9.79. The Morgan fingerprint density at radius 2 is 1.76 bits per heavy atom. The number of carbonyl (C=O) groups is 3. The number of allylic oxidation sites excluding steroid dienone is 2. The molecule has 3 aliphatic rings. The van der Waals surface area contributed by atoms with E-state index in [2.05, 4.69) is 17.8 Å². The Hall–Kier alpha value is -2.15. The molecule has 29 heavy (non-hydrogen) atoms. The predicted molar refractivity (Wildman–Crippen MR) is 110 cm³/mol. The van der Waals surface area contributed by atoms with Crippen LogP contribution in [0.5, 0.6) is 0 Å². The van der Waals surface area contributed by atoms with Crippen LogP contribution in [0.3, 0.4) is 0 Å². The average Bonchev–Trinajstić information content (AvgIpc) is 3.36. The van der Waals surface area contributed by atoms with Crippen LogP contribution in [-0.2, 0) is 22.4 Å². The fraction of sp³-hybridized carbons (Fsp3) is 0.591. The highest BCUT2D eigenvalue weighted by Crippen LogP contribution is 2.57. The fourth-order valence-electron chi connectivity index (χ4n) is 5.74. The molecule has 6 nitrogen and oxygen atoms in total. The van der Waals surface area contributed by atoms with Crippen molar-refractivity contribution >= 4 is 29.1 Å². The quantitative estimate of drug-likeness (QED) is 0.520. The molecule has 2 saturated carbocycles. The van der Waals surface area contributed by atoms with Crippen molar-refractivity contribution in [3.8, 4) is 0 Å². The number of aliphatic carboxylic acids is 1. The molecule has 0 saturated heterocycles. The molecule has 3 aliphatic carbocycles. The third-order valence-corrected chi connectivity index (χ3v) is 8.00. The van der Waals surface area contributed by atoms with Crippen LogP contribution in [0, 0.1) is 29.6 Å². The van der Waals surface area contributed by atoms with Gasteiger partial charge in [-0.3, -0.25) is 25.2 Å². The molecule has 1 heterocycles. The third-order valence-electron chi connectivity index (χ3n) is 6.95. The number of thiophene rings is 1. The zero-order chi connectivity index (χ0) is 20.9. The summed E-state index contributed by atoms with van der Waals surface area (Å²) in [7, 11) is 0. The van der Waals surface area contributed by atoms with Crippen molar-refractivity contribution in [1.29, 1.82) is 0 Å². The van der Waals surface area contributed by atoms with Crippen molar-refractivity contribution in [2.45, 2.75) is 52.9 Å². The Balaban J connectivity index is 1.47. The molecule has 2 amide bonds. The Kier molecular flexibility index (Phi) is 5.27. The van der Waals surface area contributed by atoms with Gasteiger partial charge < -0.3 is 5.11 Å². The highest BCUT2D eigenvalue weighted by atomic mass is 32.1. The minimum Gasteiger partial charge on any atom is -0.481 e. The smallest absolute Gasteiger partial charge is 0.307 e. The van der Waals surface area contributed by atoms with Crippen LogP contribution in [-0.4, -0.2) is 22.9 Å². The number of hydrogen-bond donors (Lipinski definition) is 3. The average molecular weight is 417 g/mol. The Morgan fingerprint density at radius 3 is 2.41 bits per heavy atom. The molecule has 1 aromatic heterocycles. The number of hydrogen-bond acceptors (Lipinski definition) is 4. The molecule has 7 heteroatoms. The summed E-state index contributed by atoms with van der Waals surface area (Å²) in [5, 5.41) is 11.6. The van der Waals surface area contributed by atoms with Crippen LogP contribution in [0.4, 0.5) is 0 Å². The molecule has 156 valence electrons. The lowest BCUT2D eigenvalue weighted by Gasteiger charge is -2.26. The molecular formula is C22H28N2O4S. The highest BCUT2D eigenvalue weighted by molar-refractivity contribution is 7.10. The Labute approximate surface area is 174 Å². The fourth-order valence-corrected chi connectivity index (χ4v) is 6.99. The summed E-state index contributed by atoms with van der Waals surface area (Å²) in [6, 6.07) is 0. The van der Waals surface area contributed by atoms with Gasteiger partial charge in [-0.2, -0.15) is 0 Å². The van der Waals surface area contributed by atoms with Gasteiger partial charge in [0.15, 0.2) is 0 Å². The number of amides is 2. The van der Waals surface area contributed by atoms with Gasteiger partial charge in [-0.15, -0.1) is 11.3 Å². The molecule has 5 atom stereocenters. The normalized spacial score (nSPS) is 30.0. The SMILES string of the molecule is CC(C)=C1[C@H]2CC[C@@H]1[C@@H](C(=O)NNC(=O)c1csc3c1CC[C@@H](C)C3)[C@@H]2C(=O)O. The Bertz CT molecular complexity index is 899. The highest BCUT2D eigenvalue weighted by Gasteiger charge is 2.57. The first-order chi connectivity index (χ1) is 13.8. The summed E-state index contributed by atoms with van der Waals surface area (Å²) < 4.78 is 0. The summed E-state index contributed by atoms with van der Waals surface area (Å²) in [5.74, 6) is -2.47. The molecular weight excluding hydrogens is 388 g/mol. The largest absolute Gasteiger partial charge is 0.481 e.